The van der Waals surface area contributed by atoms with Gasteiger partial charge in [0.15, 0.2) is 0 Å². The number of phenols is 1. The molecule has 18 heavy (non-hydrogen) atoms. The van der Waals surface area contributed by atoms with Gasteiger partial charge in [-0.3, -0.25) is 0 Å². The van der Waals surface area contributed by atoms with Crippen LogP contribution >= 0.6 is 11.6 Å². The molecule has 96 valence electrons. The molecule has 0 aliphatic carbocycles. The Bertz CT molecular complexity index is 506. The highest BCUT2D eigenvalue weighted by atomic mass is 35.5. The van der Waals surface area contributed by atoms with Crippen LogP contribution in [-0.2, 0) is 20.0 Å². The zero-order chi connectivity index (χ0) is 13.0. The molecule has 0 aliphatic heterocycles. The third-order valence-corrected chi connectivity index (χ3v) is 3.08. The van der Waals surface area contributed by atoms with E-state index in [0.29, 0.717) is 11.6 Å². The van der Waals surface area contributed by atoms with E-state index in [9.17, 15) is 5.11 Å². The third kappa shape index (κ3) is 3.00. The molecule has 0 bridgehead atoms. The number of benzene rings is 1. The number of rotatable bonds is 5. The summed E-state index contributed by atoms with van der Waals surface area (Å²) in [6.07, 6.45) is 2.46. The first-order chi connectivity index (χ1) is 8.68. The molecule has 5 nitrogen and oxygen atoms in total. The molecule has 0 fully saturated rings. The average molecular weight is 267 g/mol. The van der Waals surface area contributed by atoms with Gasteiger partial charge in [0.25, 0.3) is 0 Å². The second-order valence-electron chi connectivity index (χ2n) is 4.02. The summed E-state index contributed by atoms with van der Waals surface area (Å²) in [5, 5.41) is 21.3. The predicted molar refractivity (Wildman–Crippen MR) is 69.5 cm³/mol. The van der Waals surface area contributed by atoms with E-state index in [0.717, 1.165) is 24.4 Å². The predicted octanol–water partition coefficient (Wildman–Crippen LogP) is 1.51. The van der Waals surface area contributed by atoms with Crippen LogP contribution in [0.15, 0.2) is 24.5 Å². The van der Waals surface area contributed by atoms with Crippen molar-refractivity contribution in [2.24, 2.45) is 7.05 Å². The van der Waals surface area contributed by atoms with Gasteiger partial charge in [-0.25, -0.2) is 0 Å². The van der Waals surface area contributed by atoms with Gasteiger partial charge in [-0.15, -0.1) is 10.2 Å². The topological polar surface area (TPSA) is 63.0 Å². The number of hydrogen-bond acceptors (Lipinski definition) is 4. The maximum atomic E-state index is 9.67. The number of aromatic nitrogens is 3. The number of phenolic OH excluding ortho intramolecular Hbond substituents is 1. The minimum atomic E-state index is 0.216. The first kappa shape index (κ1) is 12.9. The van der Waals surface area contributed by atoms with Gasteiger partial charge in [0.2, 0.25) is 0 Å². The van der Waals surface area contributed by atoms with Crippen molar-refractivity contribution in [1.82, 2.24) is 20.1 Å². The lowest BCUT2D eigenvalue weighted by atomic mass is 10.2. The monoisotopic (exact) mass is 266 g/mol. The van der Waals surface area contributed by atoms with Crippen molar-refractivity contribution in [2.45, 2.75) is 13.0 Å². The van der Waals surface area contributed by atoms with E-state index < -0.39 is 0 Å². The maximum absolute atomic E-state index is 9.67. The number of aromatic hydroxyl groups is 1. The highest BCUT2D eigenvalue weighted by Gasteiger charge is 2.05. The van der Waals surface area contributed by atoms with Crippen LogP contribution in [0.2, 0.25) is 5.02 Å². The van der Waals surface area contributed by atoms with Crippen LogP contribution in [0.4, 0.5) is 0 Å². The van der Waals surface area contributed by atoms with E-state index >= 15 is 0 Å². The molecule has 0 aliphatic rings. The summed E-state index contributed by atoms with van der Waals surface area (Å²) in [5.41, 5.74) is 0.720. The molecule has 0 spiro atoms. The van der Waals surface area contributed by atoms with Crippen molar-refractivity contribution in [2.75, 3.05) is 6.54 Å². The average Bonchev–Trinajstić information content (AvgIpc) is 2.73. The van der Waals surface area contributed by atoms with Crippen molar-refractivity contribution < 1.29 is 5.11 Å². The second-order valence-corrected chi connectivity index (χ2v) is 4.43. The number of nitrogens with one attached hydrogen (secondary N) is 1. The van der Waals surface area contributed by atoms with Gasteiger partial charge in [0.05, 0.1) is 0 Å². The normalized spacial score (nSPS) is 10.8. The summed E-state index contributed by atoms with van der Waals surface area (Å²) in [7, 11) is 1.91. The highest BCUT2D eigenvalue weighted by Crippen LogP contribution is 2.24. The van der Waals surface area contributed by atoms with Crippen molar-refractivity contribution in [1.29, 1.82) is 0 Å². The molecule has 2 rings (SSSR count). The zero-order valence-electron chi connectivity index (χ0n) is 10.1. The number of hydrogen-bond donors (Lipinski definition) is 2. The van der Waals surface area contributed by atoms with Crippen LogP contribution < -0.4 is 5.32 Å². The summed E-state index contributed by atoms with van der Waals surface area (Å²) in [4.78, 5) is 0. The van der Waals surface area contributed by atoms with E-state index in [-0.39, 0.29) is 5.75 Å². The minimum Gasteiger partial charge on any atom is -0.508 e. The van der Waals surface area contributed by atoms with Crippen molar-refractivity contribution in [3.8, 4) is 5.75 Å². The molecule has 6 heteroatoms. The zero-order valence-corrected chi connectivity index (χ0v) is 10.9. The van der Waals surface area contributed by atoms with E-state index in [1.54, 1.807) is 24.5 Å². The smallest absolute Gasteiger partial charge is 0.133 e. The molecule has 0 amide bonds. The molecule has 1 aromatic carbocycles. The fraction of sp³-hybridized carbons (Fsp3) is 0.333. The fourth-order valence-corrected chi connectivity index (χ4v) is 1.91. The van der Waals surface area contributed by atoms with Gasteiger partial charge in [-0.2, -0.15) is 0 Å². The summed E-state index contributed by atoms with van der Waals surface area (Å²) in [5.74, 6) is 1.14. The van der Waals surface area contributed by atoms with Gasteiger partial charge in [0, 0.05) is 37.1 Å². The Hall–Kier alpha value is -1.59. The molecule has 0 radical (unpaired) electrons. The van der Waals surface area contributed by atoms with Gasteiger partial charge < -0.3 is 15.0 Å². The van der Waals surface area contributed by atoms with Crippen LogP contribution in [-0.4, -0.2) is 26.4 Å². The number of aryl methyl sites for hydroxylation is 1. The molecule has 1 aromatic heterocycles. The number of nitrogens with zero attached hydrogens (tertiary/aromatic N) is 3. The summed E-state index contributed by atoms with van der Waals surface area (Å²) in [6.45, 7) is 1.28. The van der Waals surface area contributed by atoms with E-state index in [2.05, 4.69) is 15.5 Å². The molecule has 0 saturated heterocycles. The molecule has 2 N–H and O–H groups in total. The Kier molecular flexibility index (Phi) is 4.17. The second kappa shape index (κ2) is 5.84. The van der Waals surface area contributed by atoms with Gasteiger partial charge in [0.1, 0.15) is 17.9 Å². The van der Waals surface area contributed by atoms with Crippen LogP contribution in [0.25, 0.3) is 0 Å². The van der Waals surface area contributed by atoms with Gasteiger partial charge >= 0.3 is 0 Å². The van der Waals surface area contributed by atoms with Gasteiger partial charge in [-0.1, -0.05) is 17.7 Å². The van der Waals surface area contributed by atoms with Crippen molar-refractivity contribution in [3.05, 3.63) is 40.9 Å². The molecule has 2 aromatic rings. The van der Waals surface area contributed by atoms with Crippen LogP contribution in [0.5, 0.6) is 5.75 Å². The van der Waals surface area contributed by atoms with Crippen LogP contribution in [0.3, 0.4) is 0 Å². The summed E-state index contributed by atoms with van der Waals surface area (Å²) >= 11 is 6.01. The first-order valence-corrected chi connectivity index (χ1v) is 6.06. The van der Waals surface area contributed by atoms with E-state index in [1.165, 1.54) is 0 Å². The molecule has 0 unspecified atom stereocenters. The first-order valence-electron chi connectivity index (χ1n) is 5.68. The highest BCUT2D eigenvalue weighted by molar-refractivity contribution is 6.31. The summed E-state index contributed by atoms with van der Waals surface area (Å²) < 4.78 is 1.88. The lowest BCUT2D eigenvalue weighted by Crippen LogP contribution is -2.18. The molecular weight excluding hydrogens is 252 g/mol. The Morgan fingerprint density at radius 3 is 2.94 bits per heavy atom. The summed E-state index contributed by atoms with van der Waals surface area (Å²) in [6, 6.07) is 5.12. The van der Waals surface area contributed by atoms with Crippen molar-refractivity contribution in [3.63, 3.8) is 0 Å². The minimum absolute atomic E-state index is 0.216. The third-order valence-electron chi connectivity index (χ3n) is 2.73. The Labute approximate surface area is 110 Å². The molecule has 0 saturated carbocycles. The Morgan fingerprint density at radius 1 is 1.44 bits per heavy atom. The van der Waals surface area contributed by atoms with Crippen molar-refractivity contribution >= 4 is 11.6 Å². The quantitative estimate of drug-likeness (QED) is 0.806. The molecule has 0 atom stereocenters. The molecular formula is C12H15ClN4O. The lowest BCUT2D eigenvalue weighted by molar-refractivity contribution is 0.464. The number of halogens is 1. The van der Waals surface area contributed by atoms with Crippen LogP contribution in [0.1, 0.15) is 11.4 Å². The van der Waals surface area contributed by atoms with E-state index in [1.807, 2.05) is 11.6 Å². The van der Waals surface area contributed by atoms with Gasteiger partial charge in [-0.05, 0) is 12.1 Å². The maximum Gasteiger partial charge on any atom is 0.133 e. The Morgan fingerprint density at radius 2 is 2.28 bits per heavy atom. The SMILES string of the molecule is Cn1cnnc1CCNCc1c(O)cccc1Cl. The largest absolute Gasteiger partial charge is 0.508 e. The molecule has 1 heterocycles. The van der Waals surface area contributed by atoms with E-state index in [4.69, 9.17) is 11.6 Å². The Balaban J connectivity index is 1.84. The fourth-order valence-electron chi connectivity index (χ4n) is 1.67. The standard InChI is InChI=1S/C12H15ClN4O/c1-17-8-15-16-12(17)5-6-14-7-9-10(13)3-2-4-11(9)18/h2-4,8,14,18H,5-7H2,1H3. The van der Waals surface area contributed by atoms with Crippen LogP contribution in [0, 0.1) is 0 Å². The lowest BCUT2D eigenvalue weighted by Gasteiger charge is -2.08.